The van der Waals surface area contributed by atoms with Crippen LogP contribution < -0.4 is 10.1 Å². The van der Waals surface area contributed by atoms with E-state index in [9.17, 15) is 4.79 Å². The standard InChI is InChI=1S/C17H16ClNO2/c1-10-3-4-12(8-15(10)21-2)17(18)11-5-6-14-13(7-11)9-16(20)19-14/h3-8,17H,9H2,1-2H3,(H,19,20). The minimum absolute atomic E-state index is 0.0327. The molecule has 1 unspecified atom stereocenters. The molecule has 1 aliphatic heterocycles. The first kappa shape index (κ1) is 14.0. The summed E-state index contributed by atoms with van der Waals surface area (Å²) in [5, 5.41) is 2.56. The van der Waals surface area contributed by atoms with E-state index in [1.165, 1.54) is 0 Å². The summed E-state index contributed by atoms with van der Waals surface area (Å²) >= 11 is 6.59. The zero-order valence-electron chi connectivity index (χ0n) is 11.9. The molecule has 0 radical (unpaired) electrons. The Bertz CT molecular complexity index is 712. The first-order chi connectivity index (χ1) is 10.1. The van der Waals surface area contributed by atoms with Crippen LogP contribution in [0.5, 0.6) is 5.75 Å². The van der Waals surface area contributed by atoms with Crippen LogP contribution in [-0.4, -0.2) is 13.0 Å². The number of aryl methyl sites for hydroxylation is 1. The lowest BCUT2D eigenvalue weighted by Gasteiger charge is -2.14. The van der Waals surface area contributed by atoms with Gasteiger partial charge in [-0.25, -0.2) is 0 Å². The van der Waals surface area contributed by atoms with Gasteiger partial charge in [-0.2, -0.15) is 0 Å². The molecule has 3 rings (SSSR count). The Morgan fingerprint density at radius 1 is 1.19 bits per heavy atom. The summed E-state index contributed by atoms with van der Waals surface area (Å²) in [6, 6.07) is 11.8. The van der Waals surface area contributed by atoms with Gasteiger partial charge in [0.1, 0.15) is 5.75 Å². The van der Waals surface area contributed by atoms with E-state index in [-0.39, 0.29) is 11.3 Å². The summed E-state index contributed by atoms with van der Waals surface area (Å²) in [5.41, 5.74) is 4.93. The first-order valence-electron chi connectivity index (χ1n) is 6.80. The van der Waals surface area contributed by atoms with Crippen LogP contribution in [-0.2, 0) is 11.2 Å². The highest BCUT2D eigenvalue weighted by Crippen LogP contribution is 2.35. The Kier molecular flexibility index (Phi) is 3.60. The number of alkyl halides is 1. The fourth-order valence-electron chi connectivity index (χ4n) is 2.59. The van der Waals surface area contributed by atoms with Crippen LogP contribution in [0.1, 0.15) is 27.6 Å². The highest BCUT2D eigenvalue weighted by molar-refractivity contribution is 6.22. The molecule has 108 valence electrons. The molecular formula is C17H16ClNO2. The van der Waals surface area contributed by atoms with Crippen molar-refractivity contribution in [2.75, 3.05) is 12.4 Å². The van der Waals surface area contributed by atoms with Crippen LogP contribution in [0.15, 0.2) is 36.4 Å². The van der Waals surface area contributed by atoms with Crippen molar-refractivity contribution in [3.63, 3.8) is 0 Å². The maximum Gasteiger partial charge on any atom is 0.228 e. The second kappa shape index (κ2) is 5.41. The van der Waals surface area contributed by atoms with Crippen LogP contribution in [0, 0.1) is 6.92 Å². The summed E-state index contributed by atoms with van der Waals surface area (Å²) in [4.78, 5) is 11.4. The molecule has 1 N–H and O–H groups in total. The van der Waals surface area contributed by atoms with Gasteiger partial charge < -0.3 is 10.1 Å². The second-order valence-electron chi connectivity index (χ2n) is 5.23. The van der Waals surface area contributed by atoms with Crippen molar-refractivity contribution in [3.05, 3.63) is 58.7 Å². The Hall–Kier alpha value is -2.00. The molecule has 1 atom stereocenters. The van der Waals surface area contributed by atoms with Gasteiger partial charge >= 0.3 is 0 Å². The van der Waals surface area contributed by atoms with Gasteiger partial charge in [0.25, 0.3) is 0 Å². The van der Waals surface area contributed by atoms with E-state index in [0.717, 1.165) is 33.7 Å². The Morgan fingerprint density at radius 2 is 1.90 bits per heavy atom. The van der Waals surface area contributed by atoms with Crippen molar-refractivity contribution in [2.45, 2.75) is 18.7 Å². The molecule has 0 saturated heterocycles. The lowest BCUT2D eigenvalue weighted by molar-refractivity contribution is -0.115. The number of methoxy groups -OCH3 is 1. The molecule has 0 aromatic heterocycles. The topological polar surface area (TPSA) is 38.3 Å². The van der Waals surface area contributed by atoms with E-state index in [0.29, 0.717) is 6.42 Å². The third-order valence-electron chi connectivity index (χ3n) is 3.77. The van der Waals surface area contributed by atoms with Gasteiger partial charge in [0.15, 0.2) is 0 Å². The Balaban J connectivity index is 1.94. The van der Waals surface area contributed by atoms with Crippen LogP contribution in [0.4, 0.5) is 5.69 Å². The molecule has 0 bridgehead atoms. The van der Waals surface area contributed by atoms with E-state index < -0.39 is 0 Å². The summed E-state index contributed by atoms with van der Waals surface area (Å²) in [6.45, 7) is 2.00. The van der Waals surface area contributed by atoms with Crippen molar-refractivity contribution in [2.24, 2.45) is 0 Å². The number of amides is 1. The van der Waals surface area contributed by atoms with Gasteiger partial charge in [0.05, 0.1) is 18.9 Å². The van der Waals surface area contributed by atoms with E-state index in [2.05, 4.69) is 5.32 Å². The number of fused-ring (bicyclic) bond motifs is 1. The molecule has 1 heterocycles. The quantitative estimate of drug-likeness (QED) is 0.875. The second-order valence-corrected chi connectivity index (χ2v) is 5.67. The number of nitrogens with one attached hydrogen (secondary N) is 1. The van der Waals surface area contributed by atoms with E-state index in [1.807, 2.05) is 43.3 Å². The maximum absolute atomic E-state index is 11.4. The number of ether oxygens (including phenoxy) is 1. The summed E-state index contributed by atoms with van der Waals surface area (Å²) in [7, 11) is 1.65. The number of anilines is 1. The molecule has 2 aromatic carbocycles. The number of hydrogen-bond acceptors (Lipinski definition) is 2. The van der Waals surface area contributed by atoms with Crippen molar-refractivity contribution in [1.82, 2.24) is 0 Å². The fourth-order valence-corrected chi connectivity index (χ4v) is 2.87. The van der Waals surface area contributed by atoms with E-state index >= 15 is 0 Å². The molecule has 21 heavy (non-hydrogen) atoms. The zero-order chi connectivity index (χ0) is 15.0. The average molecular weight is 302 g/mol. The van der Waals surface area contributed by atoms with Crippen LogP contribution in [0.3, 0.4) is 0 Å². The van der Waals surface area contributed by atoms with Gasteiger partial charge in [-0.15, -0.1) is 11.6 Å². The summed E-state index contributed by atoms with van der Waals surface area (Å²) in [6.07, 6.45) is 0.421. The zero-order valence-corrected chi connectivity index (χ0v) is 12.7. The normalized spacial score (nSPS) is 14.5. The number of benzene rings is 2. The highest BCUT2D eigenvalue weighted by Gasteiger charge is 2.20. The molecule has 1 aliphatic rings. The van der Waals surface area contributed by atoms with Gasteiger partial charge in [-0.3, -0.25) is 4.79 Å². The summed E-state index contributed by atoms with van der Waals surface area (Å²) < 4.78 is 5.35. The number of halogens is 1. The highest BCUT2D eigenvalue weighted by atomic mass is 35.5. The monoisotopic (exact) mass is 301 g/mol. The molecule has 0 fully saturated rings. The van der Waals surface area contributed by atoms with Crippen LogP contribution >= 0.6 is 11.6 Å². The van der Waals surface area contributed by atoms with Gasteiger partial charge in [0, 0.05) is 5.69 Å². The smallest absolute Gasteiger partial charge is 0.228 e. The molecule has 2 aromatic rings. The number of carbonyl (C=O) groups excluding carboxylic acids is 1. The lowest BCUT2D eigenvalue weighted by Crippen LogP contribution is -2.03. The maximum atomic E-state index is 11.4. The van der Waals surface area contributed by atoms with Crippen molar-refractivity contribution in [1.29, 1.82) is 0 Å². The predicted molar refractivity (Wildman–Crippen MR) is 84.2 cm³/mol. The summed E-state index contributed by atoms with van der Waals surface area (Å²) in [5.74, 6) is 0.862. The largest absolute Gasteiger partial charge is 0.496 e. The van der Waals surface area contributed by atoms with Crippen LogP contribution in [0.2, 0.25) is 0 Å². The first-order valence-corrected chi connectivity index (χ1v) is 7.23. The average Bonchev–Trinajstić information content (AvgIpc) is 2.86. The number of carbonyl (C=O) groups is 1. The molecular weight excluding hydrogens is 286 g/mol. The SMILES string of the molecule is COc1cc(C(Cl)c2ccc3c(c2)CC(=O)N3)ccc1C. The molecule has 4 heteroatoms. The van der Waals surface area contributed by atoms with Crippen molar-refractivity contribution < 1.29 is 9.53 Å². The Morgan fingerprint density at radius 3 is 2.67 bits per heavy atom. The van der Waals surface area contributed by atoms with Crippen molar-refractivity contribution >= 4 is 23.2 Å². The third kappa shape index (κ3) is 2.61. The third-order valence-corrected chi connectivity index (χ3v) is 4.28. The van der Waals surface area contributed by atoms with E-state index in [4.69, 9.17) is 16.3 Å². The van der Waals surface area contributed by atoms with E-state index in [1.54, 1.807) is 7.11 Å². The molecule has 3 nitrogen and oxygen atoms in total. The fraction of sp³-hybridized carbons (Fsp3) is 0.235. The number of hydrogen-bond donors (Lipinski definition) is 1. The molecule has 0 aliphatic carbocycles. The van der Waals surface area contributed by atoms with Crippen molar-refractivity contribution in [3.8, 4) is 5.75 Å². The predicted octanol–water partition coefficient (Wildman–Crippen LogP) is 3.83. The molecule has 1 amide bonds. The minimum atomic E-state index is -0.263. The lowest BCUT2D eigenvalue weighted by atomic mass is 10.00. The molecule has 0 spiro atoms. The van der Waals surface area contributed by atoms with Gasteiger partial charge in [-0.05, 0) is 41.3 Å². The number of rotatable bonds is 3. The van der Waals surface area contributed by atoms with Gasteiger partial charge in [0.2, 0.25) is 5.91 Å². The molecule has 0 saturated carbocycles. The minimum Gasteiger partial charge on any atom is -0.496 e. The Labute approximate surface area is 128 Å². The van der Waals surface area contributed by atoms with Crippen LogP contribution in [0.25, 0.3) is 0 Å². The van der Waals surface area contributed by atoms with Gasteiger partial charge in [-0.1, -0.05) is 24.3 Å².